The maximum atomic E-state index is 12.6. The fourth-order valence-electron chi connectivity index (χ4n) is 3.32. The smallest absolute Gasteiger partial charge is 0.314 e. The highest BCUT2D eigenvalue weighted by Crippen LogP contribution is 2.36. The summed E-state index contributed by atoms with van der Waals surface area (Å²) in [6.07, 6.45) is 2.65. The van der Waals surface area contributed by atoms with Crippen LogP contribution >= 0.6 is 0 Å². The summed E-state index contributed by atoms with van der Waals surface area (Å²) in [5, 5.41) is 9.80. The maximum absolute atomic E-state index is 12.6. The fourth-order valence-corrected chi connectivity index (χ4v) is 3.32. The average molecular weight is 328 g/mol. The van der Waals surface area contributed by atoms with Gasteiger partial charge in [-0.3, -0.25) is 9.59 Å². The van der Waals surface area contributed by atoms with Gasteiger partial charge in [0.25, 0.3) is 5.91 Å². The van der Waals surface area contributed by atoms with Gasteiger partial charge in [0, 0.05) is 19.5 Å². The molecule has 1 aliphatic heterocycles. The number of hydrogen-bond acceptors (Lipinski definition) is 4. The zero-order valence-electron chi connectivity index (χ0n) is 13.6. The van der Waals surface area contributed by atoms with Crippen LogP contribution in [-0.2, 0) is 16.6 Å². The van der Waals surface area contributed by atoms with E-state index in [1.807, 2.05) is 37.3 Å². The number of hydrogen-bond donors (Lipinski definition) is 1. The summed E-state index contributed by atoms with van der Waals surface area (Å²) >= 11 is 0. The summed E-state index contributed by atoms with van der Waals surface area (Å²) in [6.45, 7) is 2.67. The first-order valence-electron chi connectivity index (χ1n) is 8.09. The number of amides is 1. The van der Waals surface area contributed by atoms with Gasteiger partial charge in [-0.2, -0.15) is 0 Å². The van der Waals surface area contributed by atoms with Crippen molar-refractivity contribution in [2.45, 2.75) is 31.6 Å². The third kappa shape index (κ3) is 2.68. The molecule has 1 N–H and O–H groups in total. The molecule has 24 heavy (non-hydrogen) atoms. The third-order valence-corrected chi connectivity index (χ3v) is 4.80. The molecule has 0 bridgehead atoms. The molecule has 1 saturated heterocycles. The second-order valence-corrected chi connectivity index (χ2v) is 6.02. The molecule has 6 nitrogen and oxygen atoms in total. The van der Waals surface area contributed by atoms with E-state index in [1.165, 1.54) is 6.39 Å². The minimum atomic E-state index is -0.935. The molecule has 3 rings (SSSR count). The van der Waals surface area contributed by atoms with Crippen molar-refractivity contribution in [1.82, 2.24) is 9.88 Å². The summed E-state index contributed by atoms with van der Waals surface area (Å²) in [4.78, 5) is 30.3. The molecule has 0 spiro atoms. The molecule has 0 unspecified atom stereocenters. The van der Waals surface area contributed by atoms with Crippen molar-refractivity contribution in [2.24, 2.45) is 0 Å². The number of rotatable bonds is 4. The van der Waals surface area contributed by atoms with E-state index in [1.54, 1.807) is 4.90 Å². The van der Waals surface area contributed by atoms with Gasteiger partial charge in [-0.05, 0) is 18.4 Å². The van der Waals surface area contributed by atoms with Crippen LogP contribution < -0.4 is 0 Å². The molecule has 0 radical (unpaired) electrons. The van der Waals surface area contributed by atoms with Crippen LogP contribution in [0.2, 0.25) is 0 Å². The lowest BCUT2D eigenvalue weighted by molar-refractivity contribution is -0.145. The monoisotopic (exact) mass is 328 g/mol. The van der Waals surface area contributed by atoms with Gasteiger partial charge in [-0.1, -0.05) is 37.3 Å². The number of carboxylic acid groups (broad SMARTS) is 1. The lowest BCUT2D eigenvalue weighted by Gasteiger charge is -2.39. The molecule has 1 aliphatic rings. The van der Waals surface area contributed by atoms with E-state index in [0.29, 0.717) is 43.8 Å². The summed E-state index contributed by atoms with van der Waals surface area (Å²) in [6, 6.07) is 9.26. The Bertz CT molecular complexity index is 730. The number of carboxylic acids is 1. The summed E-state index contributed by atoms with van der Waals surface area (Å²) in [5.74, 6) is -0.456. The first-order chi connectivity index (χ1) is 11.6. The van der Waals surface area contributed by atoms with Crippen molar-refractivity contribution < 1.29 is 19.1 Å². The molecule has 1 fully saturated rings. The average Bonchev–Trinajstić information content (AvgIpc) is 3.10. The number of aromatic nitrogens is 1. The number of aryl methyl sites for hydroxylation is 1. The minimum absolute atomic E-state index is 0.187. The van der Waals surface area contributed by atoms with Crippen LogP contribution in [0.3, 0.4) is 0 Å². The van der Waals surface area contributed by atoms with Crippen molar-refractivity contribution in [3.8, 4) is 0 Å². The van der Waals surface area contributed by atoms with Crippen LogP contribution in [0.4, 0.5) is 0 Å². The van der Waals surface area contributed by atoms with E-state index in [4.69, 9.17) is 4.42 Å². The lowest BCUT2D eigenvalue weighted by Crippen LogP contribution is -2.49. The van der Waals surface area contributed by atoms with Crippen molar-refractivity contribution in [1.29, 1.82) is 0 Å². The predicted octanol–water partition coefficient (Wildman–Crippen LogP) is 2.50. The number of carbonyl (C=O) groups excluding carboxylic acids is 1. The van der Waals surface area contributed by atoms with Crippen LogP contribution in [0.5, 0.6) is 0 Å². The van der Waals surface area contributed by atoms with Crippen molar-refractivity contribution in [2.75, 3.05) is 13.1 Å². The number of carbonyl (C=O) groups is 2. The van der Waals surface area contributed by atoms with Crippen LogP contribution in [0, 0.1) is 0 Å². The molecule has 0 saturated carbocycles. The Hall–Kier alpha value is -2.63. The van der Waals surface area contributed by atoms with Gasteiger partial charge in [0.15, 0.2) is 12.1 Å². The Balaban J connectivity index is 1.79. The maximum Gasteiger partial charge on any atom is 0.314 e. The fraction of sp³-hybridized carbons (Fsp3) is 0.389. The molecule has 2 aromatic rings. The van der Waals surface area contributed by atoms with Crippen molar-refractivity contribution in [3.63, 3.8) is 0 Å². The topological polar surface area (TPSA) is 83.6 Å². The number of aliphatic carboxylic acids is 1. The summed E-state index contributed by atoms with van der Waals surface area (Å²) in [5.41, 5.74) is 0.190. The third-order valence-electron chi connectivity index (χ3n) is 4.80. The highest BCUT2D eigenvalue weighted by molar-refractivity contribution is 5.93. The first-order valence-corrected chi connectivity index (χ1v) is 8.09. The van der Waals surface area contributed by atoms with Crippen LogP contribution in [-0.4, -0.2) is 40.0 Å². The minimum Gasteiger partial charge on any atom is -0.481 e. The molecule has 1 aromatic carbocycles. The van der Waals surface area contributed by atoms with E-state index in [-0.39, 0.29) is 5.91 Å². The van der Waals surface area contributed by atoms with E-state index >= 15 is 0 Å². The number of piperidine rings is 1. The lowest BCUT2D eigenvalue weighted by atomic mass is 9.73. The Morgan fingerprint density at radius 2 is 1.92 bits per heavy atom. The van der Waals surface area contributed by atoms with E-state index < -0.39 is 11.4 Å². The number of likely N-dealkylation sites (tertiary alicyclic amines) is 1. The Morgan fingerprint density at radius 1 is 1.25 bits per heavy atom. The van der Waals surface area contributed by atoms with Gasteiger partial charge in [-0.25, -0.2) is 4.98 Å². The standard InChI is InChI=1S/C18H20N2O4/c1-2-14-15(19-12-24-14)16(21)20-10-8-18(9-11-20,17(22)23)13-6-4-3-5-7-13/h3-7,12H,2,8-11H2,1H3,(H,22,23). The van der Waals surface area contributed by atoms with Crippen LogP contribution in [0.15, 0.2) is 41.1 Å². The van der Waals surface area contributed by atoms with Gasteiger partial charge in [-0.15, -0.1) is 0 Å². The number of nitrogens with zero attached hydrogens (tertiary/aromatic N) is 2. The normalized spacial score (nSPS) is 16.8. The quantitative estimate of drug-likeness (QED) is 0.932. The molecule has 2 heterocycles. The molecule has 1 amide bonds. The highest BCUT2D eigenvalue weighted by atomic mass is 16.4. The molecule has 126 valence electrons. The van der Waals surface area contributed by atoms with Gasteiger partial charge >= 0.3 is 5.97 Å². The first kappa shape index (κ1) is 16.2. The zero-order valence-corrected chi connectivity index (χ0v) is 13.6. The van der Waals surface area contributed by atoms with Crippen LogP contribution in [0.25, 0.3) is 0 Å². The van der Waals surface area contributed by atoms with Gasteiger partial charge in [0.05, 0.1) is 5.41 Å². The van der Waals surface area contributed by atoms with E-state index in [0.717, 1.165) is 5.56 Å². The summed E-state index contributed by atoms with van der Waals surface area (Å²) in [7, 11) is 0. The van der Waals surface area contributed by atoms with Gasteiger partial charge in [0.2, 0.25) is 0 Å². The molecule has 0 aliphatic carbocycles. The SMILES string of the molecule is CCc1ocnc1C(=O)N1CCC(C(=O)O)(c2ccccc2)CC1. The second-order valence-electron chi connectivity index (χ2n) is 6.02. The second kappa shape index (κ2) is 6.47. The largest absolute Gasteiger partial charge is 0.481 e. The molecule has 6 heteroatoms. The van der Waals surface area contributed by atoms with E-state index in [2.05, 4.69) is 4.98 Å². The molecular weight excluding hydrogens is 308 g/mol. The number of oxazole rings is 1. The number of benzene rings is 1. The molecular formula is C18H20N2O4. The van der Waals surface area contributed by atoms with E-state index in [9.17, 15) is 14.7 Å². The molecule has 1 aromatic heterocycles. The van der Waals surface area contributed by atoms with Gasteiger partial charge in [0.1, 0.15) is 5.76 Å². The molecule has 0 atom stereocenters. The Kier molecular flexibility index (Phi) is 4.38. The Morgan fingerprint density at radius 3 is 2.50 bits per heavy atom. The summed E-state index contributed by atoms with van der Waals surface area (Å²) < 4.78 is 5.22. The zero-order chi connectivity index (χ0) is 17.2. The van der Waals surface area contributed by atoms with Crippen molar-refractivity contribution in [3.05, 3.63) is 53.7 Å². The van der Waals surface area contributed by atoms with Gasteiger partial charge < -0.3 is 14.4 Å². The van der Waals surface area contributed by atoms with Crippen molar-refractivity contribution >= 4 is 11.9 Å². The van der Waals surface area contributed by atoms with Crippen LogP contribution in [0.1, 0.15) is 41.6 Å². The Labute approximate surface area is 140 Å². The predicted molar refractivity (Wildman–Crippen MR) is 86.8 cm³/mol. The highest BCUT2D eigenvalue weighted by Gasteiger charge is 2.44.